The number of phenolic OH excluding ortho intramolecular Hbond substituents is 1. The van der Waals surface area contributed by atoms with Crippen LogP contribution in [0.3, 0.4) is 0 Å². The average molecular weight is 549 g/mol. The third-order valence-electron chi connectivity index (χ3n) is 6.77. The molecule has 0 spiro atoms. The molecule has 0 radical (unpaired) electrons. The summed E-state index contributed by atoms with van der Waals surface area (Å²) in [5.41, 5.74) is 3.22. The zero-order valence-corrected chi connectivity index (χ0v) is 21.2. The molecule has 0 unspecified atom stereocenters. The van der Waals surface area contributed by atoms with Crippen molar-refractivity contribution < 1.29 is 24.1 Å². The molecule has 1 saturated heterocycles. The lowest BCUT2D eigenvalue weighted by atomic mass is 10.0. The van der Waals surface area contributed by atoms with Crippen LogP contribution in [0, 0.1) is 0 Å². The van der Waals surface area contributed by atoms with E-state index < -0.39 is 0 Å². The Labute approximate surface area is 217 Å². The Kier molecular flexibility index (Phi) is 6.17. The molecule has 1 N–H and O–H groups in total. The number of allylic oxidation sites excluding steroid dienone is 1. The maximum atomic E-state index is 13.0. The molecular formula is C28H25BrN2O5. The monoisotopic (exact) mass is 548 g/mol. The molecule has 0 amide bonds. The number of aromatic hydroxyl groups is 1. The number of fused-ring (bicyclic) bond motifs is 2. The molecule has 0 aliphatic carbocycles. The first kappa shape index (κ1) is 23.1. The van der Waals surface area contributed by atoms with E-state index >= 15 is 0 Å². The number of piperazine rings is 1. The van der Waals surface area contributed by atoms with E-state index in [0.717, 1.165) is 54.3 Å². The number of rotatable bonds is 5. The number of ketones is 1. The van der Waals surface area contributed by atoms with E-state index in [1.165, 1.54) is 5.56 Å². The van der Waals surface area contributed by atoms with E-state index in [1.54, 1.807) is 18.2 Å². The summed E-state index contributed by atoms with van der Waals surface area (Å²) in [5, 5.41) is 10.6. The van der Waals surface area contributed by atoms with Crippen molar-refractivity contribution in [2.24, 2.45) is 0 Å². The number of hydrogen-bond acceptors (Lipinski definition) is 7. The third kappa shape index (κ3) is 4.59. The number of carbonyl (C=O) groups excluding carboxylic acids is 1. The number of benzene rings is 3. The number of Topliss-reactive ketones (excluding diaryl/α,β-unsaturated/α-hetero) is 1. The molecule has 3 aliphatic rings. The average Bonchev–Trinajstić information content (AvgIpc) is 3.47. The van der Waals surface area contributed by atoms with Crippen molar-refractivity contribution in [3.05, 3.63) is 87.1 Å². The Morgan fingerprint density at radius 2 is 1.61 bits per heavy atom. The van der Waals surface area contributed by atoms with Crippen LogP contribution < -0.4 is 14.2 Å². The highest BCUT2D eigenvalue weighted by molar-refractivity contribution is 9.10. The summed E-state index contributed by atoms with van der Waals surface area (Å²) >= 11 is 3.42. The molecule has 36 heavy (non-hydrogen) atoms. The molecule has 3 heterocycles. The minimum Gasteiger partial charge on any atom is -0.507 e. The van der Waals surface area contributed by atoms with E-state index in [2.05, 4.69) is 31.8 Å². The van der Waals surface area contributed by atoms with Crippen LogP contribution in [0.2, 0.25) is 0 Å². The lowest BCUT2D eigenvalue weighted by Crippen LogP contribution is -2.45. The maximum Gasteiger partial charge on any atom is 0.231 e. The lowest BCUT2D eigenvalue weighted by Gasteiger charge is -2.35. The van der Waals surface area contributed by atoms with Crippen molar-refractivity contribution in [1.29, 1.82) is 0 Å². The van der Waals surface area contributed by atoms with Gasteiger partial charge in [-0.2, -0.15) is 0 Å². The largest absolute Gasteiger partial charge is 0.507 e. The zero-order chi connectivity index (χ0) is 24.6. The molecule has 3 aromatic carbocycles. The third-order valence-corrected chi connectivity index (χ3v) is 7.30. The second kappa shape index (κ2) is 9.61. The van der Waals surface area contributed by atoms with E-state index in [4.69, 9.17) is 14.2 Å². The summed E-state index contributed by atoms with van der Waals surface area (Å²) in [6.07, 6.45) is 1.74. The zero-order valence-electron chi connectivity index (χ0n) is 19.6. The van der Waals surface area contributed by atoms with Gasteiger partial charge in [0.25, 0.3) is 0 Å². The van der Waals surface area contributed by atoms with Gasteiger partial charge in [0.1, 0.15) is 11.5 Å². The standard InChI is InChI=1S/C28H25BrN2O5/c29-20-4-1-18(2-5-20)13-26-27(33)21-6-7-23(32)22(28(21)36-26)16-31-11-9-30(10-12-31)15-19-3-8-24-25(14-19)35-17-34-24/h1-8,13-14,32H,9-12,15-17H2/b26-13-. The molecule has 0 saturated carbocycles. The maximum absolute atomic E-state index is 13.0. The topological polar surface area (TPSA) is 71.5 Å². The van der Waals surface area contributed by atoms with Gasteiger partial charge in [0.2, 0.25) is 12.6 Å². The van der Waals surface area contributed by atoms with E-state index in [9.17, 15) is 9.90 Å². The van der Waals surface area contributed by atoms with Crippen molar-refractivity contribution in [3.63, 3.8) is 0 Å². The number of nitrogens with zero attached hydrogens (tertiary/aromatic N) is 2. The van der Waals surface area contributed by atoms with Crippen molar-refractivity contribution in [3.8, 4) is 23.0 Å². The predicted octanol–water partition coefficient (Wildman–Crippen LogP) is 4.82. The smallest absolute Gasteiger partial charge is 0.231 e. The molecule has 3 aromatic rings. The molecule has 184 valence electrons. The highest BCUT2D eigenvalue weighted by atomic mass is 79.9. The van der Waals surface area contributed by atoms with Crippen LogP contribution in [0.1, 0.15) is 27.0 Å². The molecule has 6 rings (SSSR count). The fourth-order valence-corrected chi connectivity index (χ4v) is 5.05. The summed E-state index contributed by atoms with van der Waals surface area (Å²) in [4.78, 5) is 17.7. The summed E-state index contributed by atoms with van der Waals surface area (Å²) in [6.45, 7) is 5.15. The number of halogens is 1. The molecule has 1 fully saturated rings. The summed E-state index contributed by atoms with van der Waals surface area (Å²) < 4.78 is 17.9. The van der Waals surface area contributed by atoms with Crippen LogP contribution in [0.5, 0.6) is 23.0 Å². The molecule has 0 bridgehead atoms. The van der Waals surface area contributed by atoms with Crippen molar-refractivity contribution in [2.45, 2.75) is 13.1 Å². The highest BCUT2D eigenvalue weighted by Crippen LogP contribution is 2.40. The van der Waals surface area contributed by atoms with Crippen molar-refractivity contribution in [1.82, 2.24) is 9.80 Å². The van der Waals surface area contributed by atoms with Crippen molar-refractivity contribution >= 4 is 27.8 Å². The molecular weight excluding hydrogens is 524 g/mol. The fourth-order valence-electron chi connectivity index (χ4n) is 4.79. The van der Waals surface area contributed by atoms with Crippen LogP contribution in [-0.4, -0.2) is 53.7 Å². The Morgan fingerprint density at radius 1 is 0.889 bits per heavy atom. The minimum absolute atomic E-state index is 0.147. The van der Waals surface area contributed by atoms with Crippen LogP contribution >= 0.6 is 15.9 Å². The minimum atomic E-state index is -0.164. The second-order valence-corrected chi connectivity index (χ2v) is 10.1. The van der Waals surface area contributed by atoms with Crippen LogP contribution in [-0.2, 0) is 13.1 Å². The summed E-state index contributed by atoms with van der Waals surface area (Å²) in [7, 11) is 0. The van der Waals surface area contributed by atoms with E-state index in [1.807, 2.05) is 36.4 Å². The SMILES string of the molecule is O=C1/C(=C/c2ccc(Br)cc2)Oc2c1ccc(O)c2CN1CCN(Cc2ccc3c(c2)OCO3)CC1. The molecule has 0 atom stereocenters. The Bertz CT molecular complexity index is 1350. The van der Waals surface area contributed by atoms with Gasteiger partial charge in [-0.05, 0) is 53.6 Å². The first-order valence-electron chi connectivity index (χ1n) is 11.9. The number of phenols is 1. The Balaban J connectivity index is 1.12. The summed E-state index contributed by atoms with van der Waals surface area (Å²) in [6, 6.07) is 17.0. The van der Waals surface area contributed by atoms with Gasteiger partial charge in [-0.1, -0.05) is 34.1 Å². The van der Waals surface area contributed by atoms with Gasteiger partial charge in [0, 0.05) is 43.7 Å². The summed E-state index contributed by atoms with van der Waals surface area (Å²) in [5.74, 6) is 2.33. The van der Waals surface area contributed by atoms with Gasteiger partial charge in [-0.15, -0.1) is 0 Å². The molecule has 8 heteroatoms. The first-order valence-corrected chi connectivity index (χ1v) is 12.7. The molecule has 0 aromatic heterocycles. The van der Waals surface area contributed by atoms with Gasteiger partial charge in [0.15, 0.2) is 17.3 Å². The van der Waals surface area contributed by atoms with Crippen molar-refractivity contribution in [2.75, 3.05) is 33.0 Å². The van der Waals surface area contributed by atoms with Gasteiger partial charge in [-0.3, -0.25) is 14.6 Å². The first-order chi connectivity index (χ1) is 17.5. The number of hydrogen-bond donors (Lipinski definition) is 1. The normalized spacial score (nSPS) is 18.5. The van der Waals surface area contributed by atoms with Gasteiger partial charge >= 0.3 is 0 Å². The van der Waals surface area contributed by atoms with Crippen LogP contribution in [0.25, 0.3) is 6.08 Å². The van der Waals surface area contributed by atoms with E-state index in [0.29, 0.717) is 23.4 Å². The fraction of sp³-hybridized carbons (Fsp3) is 0.250. The Morgan fingerprint density at radius 3 is 2.39 bits per heavy atom. The lowest BCUT2D eigenvalue weighted by molar-refractivity contribution is 0.101. The van der Waals surface area contributed by atoms with Gasteiger partial charge < -0.3 is 19.3 Å². The quantitative estimate of drug-likeness (QED) is 0.458. The second-order valence-electron chi connectivity index (χ2n) is 9.17. The number of ether oxygens (including phenoxy) is 3. The van der Waals surface area contributed by atoms with Crippen LogP contribution in [0.15, 0.2) is 64.8 Å². The van der Waals surface area contributed by atoms with E-state index in [-0.39, 0.29) is 24.1 Å². The predicted molar refractivity (Wildman–Crippen MR) is 138 cm³/mol. The number of carbonyl (C=O) groups is 1. The van der Waals surface area contributed by atoms with Crippen LogP contribution in [0.4, 0.5) is 0 Å². The highest BCUT2D eigenvalue weighted by Gasteiger charge is 2.32. The van der Waals surface area contributed by atoms with Gasteiger partial charge in [-0.25, -0.2) is 0 Å². The molecule has 3 aliphatic heterocycles. The van der Waals surface area contributed by atoms with Gasteiger partial charge in [0.05, 0.1) is 11.1 Å². The molecule has 7 nitrogen and oxygen atoms in total. The Hall–Kier alpha value is -3.33.